The van der Waals surface area contributed by atoms with Gasteiger partial charge in [-0.1, -0.05) is 6.07 Å². The van der Waals surface area contributed by atoms with Crippen molar-refractivity contribution in [3.8, 4) is 5.75 Å². The molecule has 0 aromatic heterocycles. The molecule has 1 rings (SSSR count). The van der Waals surface area contributed by atoms with E-state index in [4.69, 9.17) is 9.47 Å². The highest BCUT2D eigenvalue weighted by atomic mass is 127. The smallest absolute Gasteiger partial charge is 0.349 e. The van der Waals surface area contributed by atoms with Gasteiger partial charge >= 0.3 is 5.97 Å². The highest BCUT2D eigenvalue weighted by molar-refractivity contribution is 14.1. The van der Waals surface area contributed by atoms with Crippen LogP contribution in [0.15, 0.2) is 24.3 Å². The Labute approximate surface area is 109 Å². The quantitative estimate of drug-likeness (QED) is 0.627. The molecule has 3 nitrogen and oxygen atoms in total. The number of hydrogen-bond donors (Lipinski definition) is 0. The van der Waals surface area contributed by atoms with Crippen LogP contribution >= 0.6 is 22.6 Å². The first kappa shape index (κ1) is 13.3. The predicted molar refractivity (Wildman–Crippen MR) is 70.5 cm³/mol. The second-order valence-corrected chi connectivity index (χ2v) is 5.04. The van der Waals surface area contributed by atoms with Crippen LogP contribution in [0.25, 0.3) is 0 Å². The van der Waals surface area contributed by atoms with Crippen molar-refractivity contribution < 1.29 is 14.3 Å². The van der Waals surface area contributed by atoms with E-state index >= 15 is 0 Å². The number of hydrogen-bond acceptors (Lipinski definition) is 3. The zero-order valence-electron chi connectivity index (χ0n) is 9.62. The largest absolute Gasteiger partial charge is 0.476 e. The summed E-state index contributed by atoms with van der Waals surface area (Å²) in [4.78, 5) is 11.6. The second kappa shape index (κ2) is 5.52. The molecule has 0 unspecified atom stereocenters. The minimum Gasteiger partial charge on any atom is -0.476 e. The Kier molecular flexibility index (Phi) is 4.58. The third kappa shape index (κ3) is 3.66. The summed E-state index contributed by atoms with van der Waals surface area (Å²) in [7, 11) is 0. The van der Waals surface area contributed by atoms with Crippen molar-refractivity contribution in [1.29, 1.82) is 0 Å². The molecule has 0 fully saturated rings. The number of carbonyl (C=O) groups excluding carboxylic acids is 1. The Hall–Kier alpha value is -0.780. The maximum absolute atomic E-state index is 11.6. The third-order valence-corrected chi connectivity index (χ3v) is 2.61. The number of halogens is 1. The molecule has 0 saturated carbocycles. The van der Waals surface area contributed by atoms with Gasteiger partial charge in [-0.2, -0.15) is 0 Å². The molecule has 0 atom stereocenters. The van der Waals surface area contributed by atoms with Gasteiger partial charge in [-0.3, -0.25) is 0 Å². The molecule has 0 N–H and O–H groups in total. The van der Waals surface area contributed by atoms with E-state index in [0.717, 1.165) is 3.57 Å². The van der Waals surface area contributed by atoms with Gasteiger partial charge in [0, 0.05) is 3.57 Å². The van der Waals surface area contributed by atoms with Gasteiger partial charge in [-0.05, 0) is 61.6 Å². The van der Waals surface area contributed by atoms with Crippen molar-refractivity contribution in [3.05, 3.63) is 27.8 Å². The fourth-order valence-electron chi connectivity index (χ4n) is 1.17. The minimum absolute atomic E-state index is 0.353. The van der Waals surface area contributed by atoms with Crippen LogP contribution < -0.4 is 4.74 Å². The van der Waals surface area contributed by atoms with E-state index in [9.17, 15) is 4.79 Å². The Balaban J connectivity index is 2.75. The summed E-state index contributed by atoms with van der Waals surface area (Å²) in [6.07, 6.45) is 0. The molecule has 0 heterocycles. The number of esters is 1. The zero-order valence-corrected chi connectivity index (χ0v) is 11.8. The molecule has 0 aliphatic carbocycles. The molecule has 4 heteroatoms. The summed E-state index contributed by atoms with van der Waals surface area (Å²) in [5.41, 5.74) is -0.958. The van der Waals surface area contributed by atoms with Crippen molar-refractivity contribution in [2.24, 2.45) is 0 Å². The van der Waals surface area contributed by atoms with Gasteiger partial charge in [0.25, 0.3) is 0 Å². The minimum atomic E-state index is -0.958. The fraction of sp³-hybridized carbons (Fsp3) is 0.417. The lowest BCUT2D eigenvalue weighted by Crippen LogP contribution is -2.39. The summed E-state index contributed by atoms with van der Waals surface area (Å²) in [5.74, 6) is 0.318. The topological polar surface area (TPSA) is 35.5 Å². The molecule has 0 bridgehead atoms. The van der Waals surface area contributed by atoms with Crippen LogP contribution in [-0.4, -0.2) is 18.2 Å². The van der Waals surface area contributed by atoms with Gasteiger partial charge in [0.1, 0.15) is 5.75 Å². The van der Waals surface area contributed by atoms with E-state index in [-0.39, 0.29) is 5.97 Å². The van der Waals surface area contributed by atoms with Gasteiger partial charge in [0.05, 0.1) is 6.61 Å². The first-order valence-corrected chi connectivity index (χ1v) is 6.15. The molecule has 0 saturated heterocycles. The molecule has 0 aliphatic heterocycles. The lowest BCUT2D eigenvalue weighted by molar-refractivity contribution is -0.158. The Morgan fingerprint density at radius 3 is 2.69 bits per heavy atom. The monoisotopic (exact) mass is 334 g/mol. The van der Waals surface area contributed by atoms with Crippen molar-refractivity contribution in [1.82, 2.24) is 0 Å². The van der Waals surface area contributed by atoms with Crippen LogP contribution in [0.4, 0.5) is 0 Å². The Morgan fingerprint density at radius 1 is 1.44 bits per heavy atom. The molecule has 0 amide bonds. The Morgan fingerprint density at radius 2 is 2.12 bits per heavy atom. The first-order valence-electron chi connectivity index (χ1n) is 5.07. The van der Waals surface area contributed by atoms with Crippen molar-refractivity contribution in [2.45, 2.75) is 26.4 Å². The van der Waals surface area contributed by atoms with E-state index in [1.165, 1.54) is 0 Å². The van der Waals surface area contributed by atoms with E-state index in [1.807, 2.05) is 24.3 Å². The lowest BCUT2D eigenvalue weighted by atomic mass is 10.1. The van der Waals surface area contributed by atoms with Gasteiger partial charge in [0.2, 0.25) is 0 Å². The average Bonchev–Trinajstić information content (AvgIpc) is 2.17. The summed E-state index contributed by atoms with van der Waals surface area (Å²) in [5, 5.41) is 0. The molecule has 1 aromatic rings. The van der Waals surface area contributed by atoms with Crippen LogP contribution in [-0.2, 0) is 9.53 Å². The number of ether oxygens (including phenoxy) is 2. The van der Waals surface area contributed by atoms with Gasteiger partial charge in [-0.15, -0.1) is 0 Å². The summed E-state index contributed by atoms with van der Waals surface area (Å²) in [6.45, 7) is 5.53. The number of carbonyl (C=O) groups is 1. The molecule has 16 heavy (non-hydrogen) atoms. The molecular weight excluding hydrogens is 319 g/mol. The summed E-state index contributed by atoms with van der Waals surface area (Å²) in [6, 6.07) is 7.55. The first-order chi connectivity index (χ1) is 7.45. The predicted octanol–water partition coefficient (Wildman–Crippen LogP) is 3.01. The van der Waals surface area contributed by atoms with Crippen LogP contribution in [0, 0.1) is 3.57 Å². The average molecular weight is 334 g/mol. The molecular formula is C12H15IO3. The molecule has 1 aromatic carbocycles. The van der Waals surface area contributed by atoms with E-state index < -0.39 is 5.60 Å². The summed E-state index contributed by atoms with van der Waals surface area (Å²) >= 11 is 2.19. The van der Waals surface area contributed by atoms with Crippen molar-refractivity contribution >= 4 is 28.6 Å². The standard InChI is InChI=1S/C12H15IO3/c1-4-15-11(14)12(2,3)16-10-7-5-6-9(13)8-10/h5-8H,4H2,1-3H3. The highest BCUT2D eigenvalue weighted by Gasteiger charge is 2.31. The SMILES string of the molecule is CCOC(=O)C(C)(C)Oc1cccc(I)c1. The maximum Gasteiger partial charge on any atom is 0.349 e. The van der Waals surface area contributed by atoms with Crippen LogP contribution in [0.2, 0.25) is 0 Å². The van der Waals surface area contributed by atoms with E-state index in [1.54, 1.807) is 20.8 Å². The number of rotatable bonds is 4. The lowest BCUT2D eigenvalue weighted by Gasteiger charge is -2.24. The fourth-order valence-corrected chi connectivity index (χ4v) is 1.69. The van der Waals surface area contributed by atoms with Gasteiger partial charge in [0.15, 0.2) is 5.60 Å². The van der Waals surface area contributed by atoms with E-state index in [2.05, 4.69) is 22.6 Å². The highest BCUT2D eigenvalue weighted by Crippen LogP contribution is 2.21. The van der Waals surface area contributed by atoms with Gasteiger partial charge in [-0.25, -0.2) is 4.79 Å². The third-order valence-electron chi connectivity index (χ3n) is 1.94. The van der Waals surface area contributed by atoms with Crippen molar-refractivity contribution in [3.63, 3.8) is 0 Å². The van der Waals surface area contributed by atoms with Crippen LogP contribution in [0.1, 0.15) is 20.8 Å². The molecule has 0 radical (unpaired) electrons. The molecule has 0 spiro atoms. The number of benzene rings is 1. The van der Waals surface area contributed by atoms with E-state index in [0.29, 0.717) is 12.4 Å². The molecule has 0 aliphatic rings. The van der Waals surface area contributed by atoms with Crippen LogP contribution in [0.5, 0.6) is 5.75 Å². The second-order valence-electron chi connectivity index (χ2n) is 3.79. The zero-order chi connectivity index (χ0) is 12.2. The molecule has 88 valence electrons. The van der Waals surface area contributed by atoms with Crippen molar-refractivity contribution in [2.75, 3.05) is 6.61 Å². The Bertz CT molecular complexity index is 374. The van der Waals surface area contributed by atoms with Crippen LogP contribution in [0.3, 0.4) is 0 Å². The summed E-state index contributed by atoms with van der Waals surface area (Å²) < 4.78 is 11.6. The van der Waals surface area contributed by atoms with Gasteiger partial charge < -0.3 is 9.47 Å². The maximum atomic E-state index is 11.6. The normalized spacial score (nSPS) is 11.0.